The van der Waals surface area contributed by atoms with Gasteiger partial charge < -0.3 is 9.47 Å². The second-order valence-corrected chi connectivity index (χ2v) is 5.74. The fourth-order valence-electron chi connectivity index (χ4n) is 2.94. The average Bonchev–Trinajstić information content (AvgIpc) is 3.06. The highest BCUT2D eigenvalue weighted by atomic mass is 16.6. The average molecular weight is 294 g/mol. The van der Waals surface area contributed by atoms with E-state index in [4.69, 9.17) is 9.47 Å². The van der Waals surface area contributed by atoms with Crippen molar-refractivity contribution >= 4 is 5.97 Å². The lowest BCUT2D eigenvalue weighted by atomic mass is 10.1. The first-order valence-electron chi connectivity index (χ1n) is 7.64. The zero-order valence-corrected chi connectivity index (χ0v) is 12.5. The summed E-state index contributed by atoms with van der Waals surface area (Å²) in [6.45, 7) is 6.00. The summed E-state index contributed by atoms with van der Waals surface area (Å²) >= 11 is 0. The Morgan fingerprint density at radius 2 is 2.33 bits per heavy atom. The molecule has 2 aliphatic rings. The normalized spacial score (nSPS) is 30.6. The number of ether oxygens (including phenoxy) is 2. The molecule has 2 aliphatic heterocycles. The largest absolute Gasteiger partial charge is 0.461 e. The number of cyclic esters (lactones) is 1. The van der Waals surface area contributed by atoms with E-state index in [1.54, 1.807) is 0 Å². The number of hydrogen-bond donors (Lipinski definition) is 1. The Labute approximate surface area is 124 Å². The van der Waals surface area contributed by atoms with Crippen LogP contribution in [0, 0.1) is 0 Å². The van der Waals surface area contributed by atoms with E-state index in [9.17, 15) is 4.79 Å². The Kier molecular flexibility index (Phi) is 4.21. The number of aryl methyl sites for hydroxylation is 1. The molecule has 0 amide bonds. The van der Waals surface area contributed by atoms with Crippen LogP contribution >= 0.6 is 0 Å². The van der Waals surface area contributed by atoms with Gasteiger partial charge in [0, 0.05) is 25.9 Å². The summed E-state index contributed by atoms with van der Waals surface area (Å²) in [6.07, 6.45) is 2.49. The number of nitrogens with one attached hydrogen (secondary N) is 1. The number of esters is 1. The molecular weight excluding hydrogens is 272 g/mol. The summed E-state index contributed by atoms with van der Waals surface area (Å²) in [4.78, 5) is 18.5. The lowest BCUT2D eigenvalue weighted by molar-refractivity contribution is -0.147. The lowest BCUT2D eigenvalue weighted by Crippen LogP contribution is -2.46. The quantitative estimate of drug-likeness (QED) is 0.829. The third-order valence-corrected chi connectivity index (χ3v) is 4.01. The molecule has 0 aromatic carbocycles. The van der Waals surface area contributed by atoms with Gasteiger partial charge in [-0.15, -0.1) is 0 Å². The smallest absolute Gasteiger partial charge is 0.323 e. The second kappa shape index (κ2) is 6.11. The Balaban J connectivity index is 1.66. The molecule has 3 heterocycles. The van der Waals surface area contributed by atoms with E-state index in [0.29, 0.717) is 19.0 Å². The minimum absolute atomic E-state index is 0.00320. The Morgan fingerprint density at radius 1 is 1.48 bits per heavy atom. The molecule has 2 fully saturated rings. The van der Waals surface area contributed by atoms with Gasteiger partial charge in [0.05, 0.1) is 6.61 Å². The summed E-state index contributed by atoms with van der Waals surface area (Å²) in [5.74, 6) is 1.45. The first kappa shape index (κ1) is 14.5. The number of carbonyl (C=O) groups excluding carboxylic acids is 1. The van der Waals surface area contributed by atoms with E-state index < -0.39 is 0 Å². The van der Waals surface area contributed by atoms with E-state index in [-0.39, 0.29) is 24.2 Å². The molecule has 21 heavy (non-hydrogen) atoms. The van der Waals surface area contributed by atoms with Crippen LogP contribution in [-0.2, 0) is 20.7 Å². The molecule has 3 atom stereocenters. The standard InChI is InChI=1S/C14H22N4O3/c1-3-4-12-15-13(17-16-12)11-8-18(5-6-20-11)10-7-9(2)21-14(10)19/h9-11H,3-8H2,1-2H3,(H,15,16,17)/t9-,10-,11+/m1/s1. The topological polar surface area (TPSA) is 80.3 Å². The van der Waals surface area contributed by atoms with E-state index in [0.717, 1.165) is 31.6 Å². The number of aromatic amines is 1. The van der Waals surface area contributed by atoms with Crippen molar-refractivity contribution in [3.05, 3.63) is 11.6 Å². The van der Waals surface area contributed by atoms with Crippen LogP contribution in [0.15, 0.2) is 0 Å². The zero-order chi connectivity index (χ0) is 14.8. The Bertz CT molecular complexity index is 504. The molecule has 1 aromatic rings. The Hall–Kier alpha value is -1.47. The van der Waals surface area contributed by atoms with Gasteiger partial charge in [-0.05, 0) is 13.3 Å². The van der Waals surface area contributed by atoms with Crippen molar-refractivity contribution in [1.82, 2.24) is 20.1 Å². The third kappa shape index (κ3) is 3.08. The zero-order valence-electron chi connectivity index (χ0n) is 12.5. The molecule has 7 nitrogen and oxygen atoms in total. The maximum absolute atomic E-state index is 11.9. The van der Waals surface area contributed by atoms with Gasteiger partial charge in [0.1, 0.15) is 24.1 Å². The van der Waals surface area contributed by atoms with Crippen molar-refractivity contribution in [2.45, 2.75) is 51.4 Å². The maximum Gasteiger partial charge on any atom is 0.323 e. The summed E-state index contributed by atoms with van der Waals surface area (Å²) in [6, 6.07) is -0.152. The van der Waals surface area contributed by atoms with Crippen molar-refractivity contribution in [3.63, 3.8) is 0 Å². The molecule has 0 aliphatic carbocycles. The molecule has 0 unspecified atom stereocenters. The SMILES string of the molecule is CCCc1nc([C@@H]2CN([C@@H]3C[C@@H](C)OC3=O)CCO2)n[nH]1. The summed E-state index contributed by atoms with van der Waals surface area (Å²) in [7, 11) is 0. The van der Waals surface area contributed by atoms with E-state index in [1.165, 1.54) is 0 Å². The van der Waals surface area contributed by atoms with Crippen LogP contribution in [-0.4, -0.2) is 57.9 Å². The van der Waals surface area contributed by atoms with Crippen molar-refractivity contribution in [1.29, 1.82) is 0 Å². The molecule has 0 bridgehead atoms. The number of H-pyrrole nitrogens is 1. The van der Waals surface area contributed by atoms with Gasteiger partial charge in [0.2, 0.25) is 0 Å². The second-order valence-electron chi connectivity index (χ2n) is 5.74. The first-order chi connectivity index (χ1) is 10.2. The van der Waals surface area contributed by atoms with Crippen molar-refractivity contribution in [2.24, 2.45) is 0 Å². The van der Waals surface area contributed by atoms with Gasteiger partial charge in [-0.1, -0.05) is 6.92 Å². The summed E-state index contributed by atoms with van der Waals surface area (Å²) in [5, 5.41) is 7.20. The van der Waals surface area contributed by atoms with Crippen molar-refractivity contribution in [2.75, 3.05) is 19.7 Å². The van der Waals surface area contributed by atoms with Crippen molar-refractivity contribution in [3.8, 4) is 0 Å². The molecular formula is C14H22N4O3. The van der Waals surface area contributed by atoms with Gasteiger partial charge in [-0.25, -0.2) is 4.98 Å². The van der Waals surface area contributed by atoms with Crippen LogP contribution in [0.5, 0.6) is 0 Å². The van der Waals surface area contributed by atoms with Crippen LogP contribution in [0.1, 0.15) is 44.4 Å². The van der Waals surface area contributed by atoms with Crippen LogP contribution in [0.2, 0.25) is 0 Å². The molecule has 0 saturated carbocycles. The van der Waals surface area contributed by atoms with Gasteiger partial charge in [-0.3, -0.25) is 14.8 Å². The fraction of sp³-hybridized carbons (Fsp3) is 0.786. The molecule has 1 aromatic heterocycles. The summed E-state index contributed by atoms with van der Waals surface area (Å²) in [5.41, 5.74) is 0. The first-order valence-corrected chi connectivity index (χ1v) is 7.64. The van der Waals surface area contributed by atoms with Gasteiger partial charge in [0.15, 0.2) is 5.82 Å². The number of rotatable bonds is 4. The van der Waals surface area contributed by atoms with Gasteiger partial charge >= 0.3 is 5.97 Å². The number of nitrogens with zero attached hydrogens (tertiary/aromatic N) is 3. The minimum atomic E-state index is -0.177. The van der Waals surface area contributed by atoms with E-state index >= 15 is 0 Å². The van der Waals surface area contributed by atoms with Crippen LogP contribution in [0.25, 0.3) is 0 Å². The van der Waals surface area contributed by atoms with Crippen LogP contribution < -0.4 is 0 Å². The van der Waals surface area contributed by atoms with Crippen molar-refractivity contribution < 1.29 is 14.3 Å². The fourth-order valence-corrected chi connectivity index (χ4v) is 2.94. The molecule has 3 rings (SSSR count). The number of hydrogen-bond acceptors (Lipinski definition) is 6. The summed E-state index contributed by atoms with van der Waals surface area (Å²) < 4.78 is 11.0. The molecule has 116 valence electrons. The Morgan fingerprint density at radius 3 is 3.05 bits per heavy atom. The minimum Gasteiger partial charge on any atom is -0.461 e. The highest BCUT2D eigenvalue weighted by molar-refractivity contribution is 5.78. The molecule has 7 heteroatoms. The number of morpholine rings is 1. The number of aromatic nitrogens is 3. The highest BCUT2D eigenvalue weighted by Gasteiger charge is 2.39. The van der Waals surface area contributed by atoms with Crippen LogP contribution in [0.4, 0.5) is 0 Å². The molecule has 2 saturated heterocycles. The third-order valence-electron chi connectivity index (χ3n) is 4.01. The van der Waals surface area contributed by atoms with E-state index in [1.807, 2.05) is 6.92 Å². The van der Waals surface area contributed by atoms with E-state index in [2.05, 4.69) is 27.0 Å². The molecule has 0 radical (unpaired) electrons. The van der Waals surface area contributed by atoms with Crippen LogP contribution in [0.3, 0.4) is 0 Å². The number of carbonyl (C=O) groups is 1. The maximum atomic E-state index is 11.9. The molecule has 1 N–H and O–H groups in total. The monoisotopic (exact) mass is 294 g/mol. The van der Waals surface area contributed by atoms with Gasteiger partial charge in [-0.2, -0.15) is 5.10 Å². The van der Waals surface area contributed by atoms with Gasteiger partial charge in [0.25, 0.3) is 0 Å². The predicted molar refractivity (Wildman–Crippen MR) is 74.6 cm³/mol. The highest BCUT2D eigenvalue weighted by Crippen LogP contribution is 2.26. The molecule has 0 spiro atoms. The lowest BCUT2D eigenvalue weighted by Gasteiger charge is -2.33. The predicted octanol–water partition coefficient (Wildman–Crippen LogP) is 0.834.